The SMILES string of the molecule is COc1ccc(C2=NO[C@H](C(=O)Nc3c(C)n(C)n(-c4ccccc4)c3=O)C2)cc1. The Morgan fingerprint density at radius 2 is 1.87 bits per heavy atom. The first-order chi connectivity index (χ1) is 14.5. The van der Waals surface area contributed by atoms with E-state index in [0.717, 1.165) is 17.0 Å². The summed E-state index contributed by atoms with van der Waals surface area (Å²) in [7, 11) is 3.37. The lowest BCUT2D eigenvalue weighted by Gasteiger charge is -2.08. The fourth-order valence-corrected chi connectivity index (χ4v) is 3.39. The summed E-state index contributed by atoms with van der Waals surface area (Å²) in [5.41, 5.74) is 2.82. The molecule has 0 radical (unpaired) electrons. The second-order valence-corrected chi connectivity index (χ2v) is 6.99. The number of hydrogen-bond acceptors (Lipinski definition) is 5. The van der Waals surface area contributed by atoms with E-state index in [2.05, 4.69) is 10.5 Å². The molecule has 30 heavy (non-hydrogen) atoms. The molecule has 1 N–H and O–H groups in total. The average molecular weight is 406 g/mol. The number of carbonyl (C=O) groups is 1. The van der Waals surface area contributed by atoms with E-state index in [0.29, 0.717) is 17.8 Å². The van der Waals surface area contributed by atoms with Crippen molar-refractivity contribution in [1.82, 2.24) is 9.36 Å². The number of ether oxygens (including phenoxy) is 1. The second-order valence-electron chi connectivity index (χ2n) is 6.99. The first-order valence-corrected chi connectivity index (χ1v) is 9.51. The van der Waals surface area contributed by atoms with Gasteiger partial charge in [0.05, 0.1) is 24.2 Å². The highest BCUT2D eigenvalue weighted by Crippen LogP contribution is 2.21. The number of anilines is 1. The highest BCUT2D eigenvalue weighted by molar-refractivity contribution is 6.06. The largest absolute Gasteiger partial charge is 0.497 e. The predicted octanol–water partition coefficient (Wildman–Crippen LogP) is 2.62. The van der Waals surface area contributed by atoms with Crippen molar-refractivity contribution in [1.29, 1.82) is 0 Å². The van der Waals surface area contributed by atoms with Crippen molar-refractivity contribution >= 4 is 17.3 Å². The summed E-state index contributed by atoms with van der Waals surface area (Å²) in [5.74, 6) is 0.329. The number of rotatable bonds is 5. The lowest BCUT2D eigenvalue weighted by atomic mass is 10.0. The van der Waals surface area contributed by atoms with Crippen molar-refractivity contribution < 1.29 is 14.4 Å². The van der Waals surface area contributed by atoms with Gasteiger partial charge in [-0.3, -0.25) is 14.3 Å². The van der Waals surface area contributed by atoms with Crippen molar-refractivity contribution in [2.75, 3.05) is 12.4 Å². The summed E-state index contributed by atoms with van der Waals surface area (Å²) in [4.78, 5) is 31.1. The van der Waals surface area contributed by atoms with Gasteiger partial charge in [0.15, 0.2) is 0 Å². The van der Waals surface area contributed by atoms with E-state index in [1.165, 1.54) is 4.68 Å². The van der Waals surface area contributed by atoms with E-state index < -0.39 is 12.0 Å². The van der Waals surface area contributed by atoms with Gasteiger partial charge in [-0.15, -0.1) is 0 Å². The Hall–Kier alpha value is -3.81. The van der Waals surface area contributed by atoms with Crippen LogP contribution < -0.4 is 15.6 Å². The molecule has 8 nitrogen and oxygen atoms in total. The molecule has 0 bridgehead atoms. The van der Waals surface area contributed by atoms with Gasteiger partial charge < -0.3 is 14.9 Å². The van der Waals surface area contributed by atoms with E-state index >= 15 is 0 Å². The summed E-state index contributed by atoms with van der Waals surface area (Å²) < 4.78 is 8.38. The van der Waals surface area contributed by atoms with Gasteiger partial charge in [-0.25, -0.2) is 4.68 Å². The Bertz CT molecular complexity index is 1160. The molecule has 154 valence electrons. The smallest absolute Gasteiger partial charge is 0.295 e. The maximum atomic E-state index is 13.0. The van der Waals surface area contributed by atoms with Crippen LogP contribution in [0.4, 0.5) is 5.69 Å². The standard InChI is InChI=1S/C22H22N4O4/c1-14-20(22(28)26(25(14)2)16-7-5-4-6-8-16)23-21(27)19-13-18(24-30-19)15-9-11-17(29-3)12-10-15/h4-12,19H,13H2,1-3H3,(H,23,27)/t19-/m0/s1. The molecule has 8 heteroatoms. The van der Waals surface area contributed by atoms with Gasteiger partial charge >= 0.3 is 0 Å². The van der Waals surface area contributed by atoms with Gasteiger partial charge in [-0.2, -0.15) is 0 Å². The zero-order chi connectivity index (χ0) is 21.3. The third-order valence-electron chi connectivity index (χ3n) is 5.19. The fourth-order valence-electron chi connectivity index (χ4n) is 3.39. The highest BCUT2D eigenvalue weighted by Gasteiger charge is 2.30. The molecule has 0 fully saturated rings. The molecule has 0 saturated carbocycles. The van der Waals surface area contributed by atoms with Crippen LogP contribution in [0.1, 0.15) is 17.7 Å². The van der Waals surface area contributed by atoms with Crippen LogP contribution in [0.25, 0.3) is 5.69 Å². The first-order valence-electron chi connectivity index (χ1n) is 9.51. The van der Waals surface area contributed by atoms with Crippen molar-refractivity contribution in [3.8, 4) is 11.4 Å². The van der Waals surface area contributed by atoms with Gasteiger partial charge in [0.1, 0.15) is 11.4 Å². The third kappa shape index (κ3) is 3.47. The third-order valence-corrected chi connectivity index (χ3v) is 5.19. The van der Waals surface area contributed by atoms with E-state index in [4.69, 9.17) is 9.57 Å². The summed E-state index contributed by atoms with van der Waals surface area (Å²) in [6, 6.07) is 16.6. The summed E-state index contributed by atoms with van der Waals surface area (Å²) in [6.07, 6.45) is -0.483. The van der Waals surface area contributed by atoms with Crippen molar-refractivity contribution in [2.45, 2.75) is 19.4 Å². The molecule has 2 heterocycles. The molecule has 1 aliphatic heterocycles. The van der Waals surface area contributed by atoms with E-state index in [1.807, 2.05) is 54.6 Å². The monoisotopic (exact) mass is 406 g/mol. The minimum atomic E-state index is -0.800. The number of nitrogens with one attached hydrogen (secondary N) is 1. The maximum absolute atomic E-state index is 13.0. The normalized spacial score (nSPS) is 15.4. The van der Waals surface area contributed by atoms with Crippen molar-refractivity contribution in [3.63, 3.8) is 0 Å². The van der Waals surface area contributed by atoms with E-state index in [-0.39, 0.29) is 11.2 Å². The number of amides is 1. The van der Waals surface area contributed by atoms with Crippen molar-refractivity contribution in [3.05, 3.63) is 76.2 Å². The molecule has 4 rings (SSSR count). The molecule has 1 amide bonds. The Morgan fingerprint density at radius 1 is 1.17 bits per heavy atom. The topological polar surface area (TPSA) is 86.8 Å². The van der Waals surface area contributed by atoms with Gasteiger partial charge in [0.25, 0.3) is 11.5 Å². The zero-order valence-corrected chi connectivity index (χ0v) is 17.0. The number of nitrogens with zero attached hydrogens (tertiary/aromatic N) is 3. The number of methoxy groups -OCH3 is 1. The Kier molecular flexibility index (Phi) is 5.14. The van der Waals surface area contributed by atoms with Crippen LogP contribution in [0.5, 0.6) is 5.75 Å². The van der Waals surface area contributed by atoms with E-state index in [9.17, 15) is 9.59 Å². The Balaban J connectivity index is 1.51. The van der Waals surface area contributed by atoms with Gasteiger partial charge in [0, 0.05) is 13.5 Å². The summed E-state index contributed by atoms with van der Waals surface area (Å²) in [5, 5.41) is 6.78. The van der Waals surface area contributed by atoms with Crippen molar-refractivity contribution in [2.24, 2.45) is 12.2 Å². The molecular formula is C22H22N4O4. The minimum absolute atomic E-state index is 0.229. The number of hydrogen-bond donors (Lipinski definition) is 1. The summed E-state index contributed by atoms with van der Waals surface area (Å²) >= 11 is 0. The number of para-hydroxylation sites is 1. The molecule has 0 saturated heterocycles. The maximum Gasteiger partial charge on any atom is 0.295 e. The molecule has 1 aromatic heterocycles. The molecule has 0 unspecified atom stereocenters. The predicted molar refractivity (Wildman–Crippen MR) is 113 cm³/mol. The quantitative estimate of drug-likeness (QED) is 0.706. The van der Waals surface area contributed by atoms with Gasteiger partial charge in [-0.1, -0.05) is 23.4 Å². The fraction of sp³-hybridized carbons (Fsp3) is 0.227. The van der Waals surface area contributed by atoms with Crippen LogP contribution in [0.15, 0.2) is 64.5 Å². The molecule has 1 atom stereocenters. The Labute approximate surface area is 173 Å². The number of oxime groups is 1. The van der Waals surface area contributed by atoms with Crippen LogP contribution in [-0.2, 0) is 16.7 Å². The summed E-state index contributed by atoms with van der Waals surface area (Å²) in [6.45, 7) is 1.78. The van der Waals surface area contributed by atoms with Gasteiger partial charge in [0.2, 0.25) is 6.10 Å². The lowest BCUT2D eigenvalue weighted by molar-refractivity contribution is -0.125. The van der Waals surface area contributed by atoms with Crippen LogP contribution in [-0.4, -0.2) is 34.2 Å². The first kappa shape index (κ1) is 19.5. The molecular weight excluding hydrogens is 384 g/mol. The second kappa shape index (κ2) is 7.90. The number of aromatic nitrogens is 2. The molecule has 2 aromatic carbocycles. The van der Waals surface area contributed by atoms with Crippen LogP contribution >= 0.6 is 0 Å². The highest BCUT2D eigenvalue weighted by atomic mass is 16.6. The van der Waals surface area contributed by atoms with Crippen LogP contribution in [0.3, 0.4) is 0 Å². The molecule has 3 aromatic rings. The van der Waals surface area contributed by atoms with Crippen LogP contribution in [0, 0.1) is 6.92 Å². The minimum Gasteiger partial charge on any atom is -0.497 e. The molecule has 0 spiro atoms. The number of carbonyl (C=O) groups excluding carboxylic acids is 1. The lowest BCUT2D eigenvalue weighted by Crippen LogP contribution is -2.30. The average Bonchev–Trinajstić information content (AvgIpc) is 3.34. The van der Waals surface area contributed by atoms with Crippen LogP contribution in [0.2, 0.25) is 0 Å². The van der Waals surface area contributed by atoms with E-state index in [1.54, 1.807) is 25.8 Å². The number of benzene rings is 2. The Morgan fingerprint density at radius 3 is 2.53 bits per heavy atom. The van der Waals surface area contributed by atoms with Gasteiger partial charge in [-0.05, 0) is 48.9 Å². The molecule has 0 aliphatic carbocycles. The molecule has 1 aliphatic rings. The zero-order valence-electron chi connectivity index (χ0n) is 17.0.